The number of rotatable bonds is 7. The van der Waals surface area contributed by atoms with Gasteiger partial charge in [0.25, 0.3) is 0 Å². The summed E-state index contributed by atoms with van der Waals surface area (Å²) in [6, 6.07) is 8.32. The molecule has 1 N–H and O–H groups in total. The van der Waals surface area contributed by atoms with Gasteiger partial charge in [0.1, 0.15) is 12.4 Å². The van der Waals surface area contributed by atoms with Crippen LogP contribution in [0.5, 0.6) is 5.75 Å². The van der Waals surface area contributed by atoms with Crippen LogP contribution in [0.1, 0.15) is 25.8 Å². The molecule has 106 valence electrons. The molecule has 1 aliphatic heterocycles. The lowest BCUT2D eigenvalue weighted by Crippen LogP contribution is -2.26. The minimum absolute atomic E-state index is 0.788. The summed E-state index contributed by atoms with van der Waals surface area (Å²) < 4.78 is 5.95. The third kappa shape index (κ3) is 4.51. The standard InChI is InChI=1S/C16H26N2O/c1-3-17-12-15-6-4-5-7-16(15)19-11-10-18-9-8-14(2)13-18/h4-7,14,17H,3,8-13H2,1-2H3. The van der Waals surface area contributed by atoms with E-state index < -0.39 is 0 Å². The molecule has 0 radical (unpaired) electrons. The molecule has 1 heterocycles. The Morgan fingerprint density at radius 2 is 2.21 bits per heavy atom. The summed E-state index contributed by atoms with van der Waals surface area (Å²) >= 11 is 0. The topological polar surface area (TPSA) is 24.5 Å². The molecule has 1 aromatic carbocycles. The molecule has 3 nitrogen and oxygen atoms in total. The number of hydrogen-bond acceptors (Lipinski definition) is 3. The number of ether oxygens (including phenoxy) is 1. The molecule has 3 heteroatoms. The molecule has 1 atom stereocenters. The maximum absolute atomic E-state index is 5.95. The van der Waals surface area contributed by atoms with Crippen LogP contribution in [0.4, 0.5) is 0 Å². The molecule has 0 saturated carbocycles. The molecule has 1 unspecified atom stereocenters. The van der Waals surface area contributed by atoms with Crippen LogP contribution < -0.4 is 10.1 Å². The zero-order valence-corrected chi connectivity index (χ0v) is 12.2. The Balaban J connectivity index is 1.78. The molecule has 2 rings (SSSR count). The Labute approximate surface area is 116 Å². The molecule has 19 heavy (non-hydrogen) atoms. The molecule has 0 amide bonds. The second kappa shape index (κ2) is 7.51. The van der Waals surface area contributed by atoms with E-state index in [0.29, 0.717) is 0 Å². The molecule has 0 spiro atoms. The number of benzene rings is 1. The van der Waals surface area contributed by atoms with E-state index in [9.17, 15) is 0 Å². The van der Waals surface area contributed by atoms with E-state index in [-0.39, 0.29) is 0 Å². The Kier molecular flexibility index (Phi) is 5.67. The summed E-state index contributed by atoms with van der Waals surface area (Å²) in [6.45, 7) is 10.6. The minimum atomic E-state index is 0.788. The van der Waals surface area contributed by atoms with Gasteiger partial charge in [-0.2, -0.15) is 0 Å². The van der Waals surface area contributed by atoms with Crippen molar-refractivity contribution in [2.75, 3.05) is 32.8 Å². The van der Waals surface area contributed by atoms with Gasteiger partial charge in [-0.3, -0.25) is 4.90 Å². The van der Waals surface area contributed by atoms with Crippen molar-refractivity contribution in [1.29, 1.82) is 0 Å². The van der Waals surface area contributed by atoms with Crippen LogP contribution in [0.3, 0.4) is 0 Å². The average molecular weight is 262 g/mol. The van der Waals surface area contributed by atoms with Crippen molar-refractivity contribution < 1.29 is 4.74 Å². The van der Waals surface area contributed by atoms with E-state index in [4.69, 9.17) is 4.74 Å². The lowest BCUT2D eigenvalue weighted by Gasteiger charge is -2.17. The predicted octanol–water partition coefficient (Wildman–Crippen LogP) is 2.52. The quantitative estimate of drug-likeness (QED) is 0.817. The minimum Gasteiger partial charge on any atom is -0.492 e. The first-order valence-electron chi connectivity index (χ1n) is 7.43. The van der Waals surface area contributed by atoms with Crippen LogP contribution in [0.25, 0.3) is 0 Å². The Morgan fingerprint density at radius 1 is 1.37 bits per heavy atom. The number of nitrogens with one attached hydrogen (secondary N) is 1. The van der Waals surface area contributed by atoms with Crippen molar-refractivity contribution >= 4 is 0 Å². The smallest absolute Gasteiger partial charge is 0.123 e. The summed E-state index contributed by atoms with van der Waals surface area (Å²) in [5, 5.41) is 3.35. The predicted molar refractivity (Wildman–Crippen MR) is 79.5 cm³/mol. The second-order valence-electron chi connectivity index (χ2n) is 5.43. The molecule has 1 fully saturated rings. The molecule has 0 aromatic heterocycles. The van der Waals surface area contributed by atoms with Crippen LogP contribution in [-0.4, -0.2) is 37.7 Å². The third-order valence-corrected chi connectivity index (χ3v) is 3.71. The van der Waals surface area contributed by atoms with Crippen molar-refractivity contribution in [2.45, 2.75) is 26.8 Å². The fourth-order valence-electron chi connectivity index (χ4n) is 2.56. The zero-order chi connectivity index (χ0) is 13.5. The van der Waals surface area contributed by atoms with Crippen molar-refractivity contribution in [3.8, 4) is 5.75 Å². The molecule has 0 bridgehead atoms. The summed E-state index contributed by atoms with van der Waals surface area (Å²) in [6.07, 6.45) is 1.33. The number of nitrogens with zero attached hydrogens (tertiary/aromatic N) is 1. The van der Waals surface area contributed by atoms with E-state index >= 15 is 0 Å². The maximum Gasteiger partial charge on any atom is 0.123 e. The summed E-state index contributed by atoms with van der Waals surface area (Å²) in [5.41, 5.74) is 1.25. The van der Waals surface area contributed by atoms with Crippen LogP contribution in [0.2, 0.25) is 0 Å². The lowest BCUT2D eigenvalue weighted by atomic mass is 10.2. The summed E-state index contributed by atoms with van der Waals surface area (Å²) in [4.78, 5) is 2.50. The van der Waals surface area contributed by atoms with Gasteiger partial charge in [0.05, 0.1) is 0 Å². The fraction of sp³-hybridized carbons (Fsp3) is 0.625. The number of likely N-dealkylation sites (tertiary alicyclic amines) is 1. The van der Waals surface area contributed by atoms with Gasteiger partial charge in [0.2, 0.25) is 0 Å². The van der Waals surface area contributed by atoms with Crippen LogP contribution >= 0.6 is 0 Å². The Hall–Kier alpha value is -1.06. The molecular weight excluding hydrogens is 236 g/mol. The molecular formula is C16H26N2O. The Morgan fingerprint density at radius 3 is 2.95 bits per heavy atom. The van der Waals surface area contributed by atoms with Crippen molar-refractivity contribution in [3.05, 3.63) is 29.8 Å². The number of hydrogen-bond donors (Lipinski definition) is 1. The first-order valence-corrected chi connectivity index (χ1v) is 7.43. The Bertz CT molecular complexity index is 381. The highest BCUT2D eigenvalue weighted by molar-refractivity contribution is 5.33. The van der Waals surface area contributed by atoms with Crippen molar-refractivity contribution in [1.82, 2.24) is 10.2 Å². The van der Waals surface area contributed by atoms with Crippen molar-refractivity contribution in [2.24, 2.45) is 5.92 Å². The van der Waals surface area contributed by atoms with Gasteiger partial charge in [-0.25, -0.2) is 0 Å². The fourth-order valence-corrected chi connectivity index (χ4v) is 2.56. The highest BCUT2D eigenvalue weighted by Gasteiger charge is 2.17. The van der Waals surface area contributed by atoms with Gasteiger partial charge in [0.15, 0.2) is 0 Å². The highest BCUT2D eigenvalue weighted by atomic mass is 16.5. The molecule has 1 aliphatic rings. The lowest BCUT2D eigenvalue weighted by molar-refractivity contribution is 0.232. The zero-order valence-electron chi connectivity index (χ0n) is 12.2. The van der Waals surface area contributed by atoms with Crippen molar-refractivity contribution in [3.63, 3.8) is 0 Å². The maximum atomic E-state index is 5.95. The van der Waals surface area contributed by atoms with E-state index in [1.54, 1.807) is 0 Å². The van der Waals surface area contributed by atoms with E-state index in [1.165, 1.54) is 25.1 Å². The van der Waals surface area contributed by atoms with Gasteiger partial charge in [-0.1, -0.05) is 32.0 Å². The first kappa shape index (κ1) is 14.4. The van der Waals surface area contributed by atoms with E-state index in [2.05, 4.69) is 42.3 Å². The molecule has 0 aliphatic carbocycles. The second-order valence-corrected chi connectivity index (χ2v) is 5.43. The van der Waals surface area contributed by atoms with Gasteiger partial charge < -0.3 is 10.1 Å². The van der Waals surface area contributed by atoms with Gasteiger partial charge in [-0.15, -0.1) is 0 Å². The van der Waals surface area contributed by atoms with Crippen LogP contribution in [0, 0.1) is 5.92 Å². The first-order chi connectivity index (χ1) is 9.29. The summed E-state index contributed by atoms with van der Waals surface area (Å²) in [7, 11) is 0. The van der Waals surface area contributed by atoms with Gasteiger partial charge in [-0.05, 0) is 31.5 Å². The largest absolute Gasteiger partial charge is 0.492 e. The normalized spacial score (nSPS) is 19.8. The summed E-state index contributed by atoms with van der Waals surface area (Å²) in [5.74, 6) is 1.87. The molecule has 1 aromatic rings. The highest BCUT2D eigenvalue weighted by Crippen LogP contribution is 2.18. The van der Waals surface area contributed by atoms with Gasteiger partial charge >= 0.3 is 0 Å². The number of para-hydroxylation sites is 1. The van der Waals surface area contributed by atoms with Crippen LogP contribution in [0.15, 0.2) is 24.3 Å². The SMILES string of the molecule is CCNCc1ccccc1OCCN1CCC(C)C1. The third-order valence-electron chi connectivity index (χ3n) is 3.71. The van der Waals surface area contributed by atoms with Crippen LogP contribution in [-0.2, 0) is 6.54 Å². The van der Waals surface area contributed by atoms with E-state index in [1.807, 2.05) is 6.07 Å². The monoisotopic (exact) mass is 262 g/mol. The molecule has 1 saturated heterocycles. The van der Waals surface area contributed by atoms with E-state index in [0.717, 1.165) is 37.9 Å². The van der Waals surface area contributed by atoms with Gasteiger partial charge in [0, 0.05) is 25.2 Å². The average Bonchev–Trinajstić information content (AvgIpc) is 2.83.